The first-order chi connectivity index (χ1) is 9.36. The monoisotopic (exact) mass is 283 g/mol. The summed E-state index contributed by atoms with van der Waals surface area (Å²) in [7, 11) is 0. The standard InChI is InChI=1S/C15H29N3O2/c1-14(2,3)20-13(19)17-8-4-6-15(12-16,7-11-17)18-9-5-10-18/h4-12,16H2,1-3H3. The zero-order valence-corrected chi connectivity index (χ0v) is 13.2. The van der Waals surface area contributed by atoms with E-state index in [0.717, 1.165) is 45.4 Å². The van der Waals surface area contributed by atoms with E-state index >= 15 is 0 Å². The van der Waals surface area contributed by atoms with E-state index in [2.05, 4.69) is 4.90 Å². The average Bonchev–Trinajstić information content (AvgIpc) is 2.48. The average molecular weight is 283 g/mol. The summed E-state index contributed by atoms with van der Waals surface area (Å²) in [5, 5.41) is 0. The predicted octanol–water partition coefficient (Wildman–Crippen LogP) is 1.81. The van der Waals surface area contributed by atoms with Crippen LogP contribution in [0.3, 0.4) is 0 Å². The van der Waals surface area contributed by atoms with E-state index in [1.807, 2.05) is 25.7 Å². The number of carbonyl (C=O) groups excluding carboxylic acids is 1. The number of nitrogens with zero attached hydrogens (tertiary/aromatic N) is 2. The van der Waals surface area contributed by atoms with E-state index in [-0.39, 0.29) is 11.6 Å². The molecule has 0 aromatic rings. The zero-order valence-electron chi connectivity index (χ0n) is 13.2. The highest BCUT2D eigenvalue weighted by Gasteiger charge is 2.40. The second-order valence-corrected chi connectivity index (χ2v) is 7.09. The van der Waals surface area contributed by atoms with Crippen molar-refractivity contribution < 1.29 is 9.53 Å². The molecule has 0 aromatic carbocycles. The van der Waals surface area contributed by atoms with Crippen LogP contribution in [0.4, 0.5) is 4.79 Å². The summed E-state index contributed by atoms with van der Waals surface area (Å²) >= 11 is 0. The van der Waals surface area contributed by atoms with Gasteiger partial charge in [0, 0.05) is 25.2 Å². The number of carbonyl (C=O) groups is 1. The van der Waals surface area contributed by atoms with Crippen LogP contribution in [0.5, 0.6) is 0 Å². The van der Waals surface area contributed by atoms with Crippen LogP contribution in [0.1, 0.15) is 46.5 Å². The molecule has 1 amide bonds. The van der Waals surface area contributed by atoms with E-state index in [0.29, 0.717) is 6.54 Å². The second-order valence-electron chi connectivity index (χ2n) is 7.09. The van der Waals surface area contributed by atoms with Crippen LogP contribution >= 0.6 is 0 Å². The van der Waals surface area contributed by atoms with Gasteiger partial charge in [0.1, 0.15) is 5.60 Å². The molecule has 2 aliphatic rings. The van der Waals surface area contributed by atoms with E-state index < -0.39 is 5.60 Å². The third kappa shape index (κ3) is 3.44. The molecule has 0 aromatic heterocycles. The Balaban J connectivity index is 1.96. The maximum Gasteiger partial charge on any atom is 0.410 e. The quantitative estimate of drug-likeness (QED) is 0.839. The Morgan fingerprint density at radius 3 is 2.35 bits per heavy atom. The molecule has 2 fully saturated rings. The maximum absolute atomic E-state index is 12.2. The Kier molecular flexibility index (Phi) is 4.59. The SMILES string of the molecule is CC(C)(C)OC(=O)N1CCCC(CN)(N2CCC2)CC1. The van der Waals surface area contributed by atoms with Crippen LogP contribution in [-0.4, -0.2) is 59.8 Å². The summed E-state index contributed by atoms with van der Waals surface area (Å²) in [6.07, 6.45) is 4.14. The zero-order chi connectivity index (χ0) is 14.8. The van der Waals surface area contributed by atoms with Gasteiger partial charge in [0.25, 0.3) is 0 Å². The molecule has 1 atom stereocenters. The molecule has 0 aliphatic carbocycles. The minimum atomic E-state index is -0.425. The van der Waals surface area contributed by atoms with Crippen LogP contribution in [-0.2, 0) is 4.74 Å². The molecule has 2 N–H and O–H groups in total. The number of amides is 1. The van der Waals surface area contributed by atoms with Gasteiger partial charge in [-0.3, -0.25) is 4.90 Å². The molecule has 5 heteroatoms. The fourth-order valence-corrected chi connectivity index (χ4v) is 3.13. The lowest BCUT2D eigenvalue weighted by Gasteiger charge is -2.48. The molecule has 2 rings (SSSR count). The van der Waals surface area contributed by atoms with Gasteiger partial charge in [0.2, 0.25) is 0 Å². The van der Waals surface area contributed by atoms with Gasteiger partial charge < -0.3 is 15.4 Å². The van der Waals surface area contributed by atoms with Gasteiger partial charge in [-0.05, 0) is 59.5 Å². The van der Waals surface area contributed by atoms with E-state index in [4.69, 9.17) is 10.5 Å². The summed E-state index contributed by atoms with van der Waals surface area (Å²) in [5.74, 6) is 0. The van der Waals surface area contributed by atoms with Gasteiger partial charge in [0.15, 0.2) is 0 Å². The van der Waals surface area contributed by atoms with Gasteiger partial charge in [0.05, 0.1) is 0 Å². The highest BCUT2D eigenvalue weighted by molar-refractivity contribution is 5.68. The largest absolute Gasteiger partial charge is 0.444 e. The predicted molar refractivity (Wildman–Crippen MR) is 79.6 cm³/mol. The van der Waals surface area contributed by atoms with Crippen LogP contribution in [0.15, 0.2) is 0 Å². The topological polar surface area (TPSA) is 58.8 Å². The highest BCUT2D eigenvalue weighted by Crippen LogP contribution is 2.32. The molecule has 5 nitrogen and oxygen atoms in total. The van der Waals surface area contributed by atoms with Crippen LogP contribution < -0.4 is 5.73 Å². The summed E-state index contributed by atoms with van der Waals surface area (Å²) in [6, 6.07) is 0. The third-order valence-electron chi connectivity index (χ3n) is 4.48. The second kappa shape index (κ2) is 5.90. The minimum absolute atomic E-state index is 0.106. The van der Waals surface area contributed by atoms with Gasteiger partial charge in [-0.15, -0.1) is 0 Å². The van der Waals surface area contributed by atoms with Gasteiger partial charge >= 0.3 is 6.09 Å². The van der Waals surface area contributed by atoms with E-state index in [9.17, 15) is 4.79 Å². The van der Waals surface area contributed by atoms with Crippen LogP contribution in [0.2, 0.25) is 0 Å². The number of likely N-dealkylation sites (tertiary alicyclic amines) is 2. The number of hydrogen-bond acceptors (Lipinski definition) is 4. The van der Waals surface area contributed by atoms with Crippen molar-refractivity contribution in [3.8, 4) is 0 Å². The Hall–Kier alpha value is -0.810. The first-order valence-corrected chi connectivity index (χ1v) is 7.79. The van der Waals surface area contributed by atoms with Crippen molar-refractivity contribution in [2.75, 3.05) is 32.7 Å². The molecule has 0 spiro atoms. The lowest BCUT2D eigenvalue weighted by molar-refractivity contribution is 0.0152. The maximum atomic E-state index is 12.2. The molecule has 2 saturated heterocycles. The van der Waals surface area contributed by atoms with Gasteiger partial charge in [-0.2, -0.15) is 0 Å². The number of rotatable bonds is 2. The molecule has 2 heterocycles. The Morgan fingerprint density at radius 1 is 1.15 bits per heavy atom. The van der Waals surface area contributed by atoms with E-state index in [1.54, 1.807) is 0 Å². The van der Waals surface area contributed by atoms with Crippen molar-refractivity contribution >= 4 is 6.09 Å². The number of hydrogen-bond donors (Lipinski definition) is 1. The van der Waals surface area contributed by atoms with Gasteiger partial charge in [-0.25, -0.2) is 4.79 Å². The van der Waals surface area contributed by atoms with E-state index in [1.165, 1.54) is 6.42 Å². The molecule has 1 unspecified atom stereocenters. The number of ether oxygens (including phenoxy) is 1. The van der Waals surface area contributed by atoms with Crippen molar-refractivity contribution in [3.63, 3.8) is 0 Å². The fraction of sp³-hybridized carbons (Fsp3) is 0.933. The summed E-state index contributed by atoms with van der Waals surface area (Å²) < 4.78 is 5.48. The molecule has 2 aliphatic heterocycles. The number of nitrogens with two attached hydrogens (primary N) is 1. The molecule has 0 bridgehead atoms. The summed E-state index contributed by atoms with van der Waals surface area (Å²) in [6.45, 7) is 10.3. The van der Waals surface area contributed by atoms with Crippen LogP contribution in [0, 0.1) is 0 Å². The molecule has 116 valence electrons. The van der Waals surface area contributed by atoms with Crippen molar-refractivity contribution in [1.29, 1.82) is 0 Å². The normalized spacial score (nSPS) is 28.7. The van der Waals surface area contributed by atoms with Crippen molar-refractivity contribution in [1.82, 2.24) is 9.80 Å². The Bertz CT molecular complexity index is 350. The molecular weight excluding hydrogens is 254 g/mol. The molecule has 20 heavy (non-hydrogen) atoms. The first-order valence-electron chi connectivity index (χ1n) is 7.79. The lowest BCUT2D eigenvalue weighted by atomic mass is 9.86. The van der Waals surface area contributed by atoms with Crippen molar-refractivity contribution in [3.05, 3.63) is 0 Å². The molecule has 0 radical (unpaired) electrons. The van der Waals surface area contributed by atoms with Crippen LogP contribution in [0.25, 0.3) is 0 Å². The van der Waals surface area contributed by atoms with Crippen molar-refractivity contribution in [2.24, 2.45) is 5.73 Å². The summed E-state index contributed by atoms with van der Waals surface area (Å²) in [5.41, 5.74) is 5.75. The smallest absolute Gasteiger partial charge is 0.410 e. The fourth-order valence-electron chi connectivity index (χ4n) is 3.13. The third-order valence-corrected chi connectivity index (χ3v) is 4.48. The lowest BCUT2D eigenvalue weighted by Crippen LogP contribution is -2.59. The summed E-state index contributed by atoms with van der Waals surface area (Å²) in [4.78, 5) is 16.5. The highest BCUT2D eigenvalue weighted by atomic mass is 16.6. The Labute approximate surface area is 122 Å². The minimum Gasteiger partial charge on any atom is -0.444 e. The Morgan fingerprint density at radius 2 is 1.85 bits per heavy atom. The van der Waals surface area contributed by atoms with Crippen molar-refractivity contribution in [2.45, 2.75) is 57.6 Å². The first kappa shape index (κ1) is 15.6. The van der Waals surface area contributed by atoms with Gasteiger partial charge in [-0.1, -0.05) is 0 Å². The molecule has 0 saturated carbocycles. The molecular formula is C15H29N3O2.